The Hall–Kier alpha value is -3.53. The SMILES string of the molecule is COCC1CCCN1[C@@]1(c2cnco2)N=C(c2ccccc2)N=C(Nc2ccccc2)N1OC. The highest BCUT2D eigenvalue weighted by atomic mass is 16.7. The van der Waals surface area contributed by atoms with E-state index in [0.29, 0.717) is 24.2 Å². The number of hydroxylamine groups is 2. The van der Waals surface area contributed by atoms with Crippen molar-refractivity contribution < 1.29 is 14.0 Å². The van der Waals surface area contributed by atoms with Gasteiger partial charge in [-0.05, 0) is 25.0 Å². The standard InChI is InChI=1S/C25H28N6O3/c1-32-17-21-14-9-15-30(21)25(22-16-26-18-34-22)29-23(19-10-5-3-6-11-19)28-24(31(25)33-2)27-20-12-7-4-8-13-20/h3-8,10-13,16,18,21H,9,14-15,17H2,1-2H3,(H,27,28,29)/t21?,25-/m1/s1. The number of para-hydroxylation sites is 1. The number of benzene rings is 2. The Morgan fingerprint density at radius 1 is 1.09 bits per heavy atom. The molecule has 0 amide bonds. The summed E-state index contributed by atoms with van der Waals surface area (Å²) in [5.74, 6) is 0.413. The Bertz CT molecular complexity index is 1140. The molecule has 2 aromatic carbocycles. The van der Waals surface area contributed by atoms with Crippen molar-refractivity contribution in [3.8, 4) is 0 Å². The molecule has 0 spiro atoms. The summed E-state index contributed by atoms with van der Waals surface area (Å²) in [6, 6.07) is 19.9. The molecule has 0 radical (unpaired) electrons. The third-order valence-electron chi connectivity index (χ3n) is 6.09. The van der Waals surface area contributed by atoms with Crippen molar-refractivity contribution >= 4 is 17.5 Å². The zero-order valence-electron chi connectivity index (χ0n) is 19.3. The third kappa shape index (κ3) is 3.98. The minimum atomic E-state index is -1.17. The molecule has 2 aliphatic heterocycles. The van der Waals surface area contributed by atoms with E-state index in [2.05, 4.69) is 15.2 Å². The highest BCUT2D eigenvalue weighted by Gasteiger charge is 2.55. The number of rotatable bonds is 7. The molecule has 1 N–H and O–H groups in total. The van der Waals surface area contributed by atoms with E-state index in [9.17, 15) is 0 Å². The summed E-state index contributed by atoms with van der Waals surface area (Å²) in [4.78, 5) is 22.6. The quantitative estimate of drug-likeness (QED) is 0.575. The molecular formula is C25H28N6O3. The summed E-state index contributed by atoms with van der Waals surface area (Å²) in [5, 5.41) is 5.09. The first kappa shape index (κ1) is 22.3. The number of aliphatic imine (C=N–C) groups is 2. The van der Waals surface area contributed by atoms with Crippen molar-refractivity contribution in [3.05, 3.63) is 84.6 Å². The fraction of sp³-hybridized carbons (Fsp3) is 0.320. The maximum absolute atomic E-state index is 6.00. The average molecular weight is 461 g/mol. The molecule has 5 rings (SSSR count). The second-order valence-corrected chi connectivity index (χ2v) is 8.15. The van der Waals surface area contributed by atoms with E-state index in [4.69, 9.17) is 24.0 Å². The monoisotopic (exact) mass is 460 g/mol. The van der Waals surface area contributed by atoms with Crippen molar-refractivity contribution in [2.45, 2.75) is 24.7 Å². The molecule has 1 fully saturated rings. The number of nitrogens with zero attached hydrogens (tertiary/aromatic N) is 5. The number of amidine groups is 1. The van der Waals surface area contributed by atoms with Crippen LogP contribution in [0.15, 0.2) is 87.7 Å². The van der Waals surface area contributed by atoms with Gasteiger partial charge in [0.05, 0.1) is 19.9 Å². The fourth-order valence-electron chi connectivity index (χ4n) is 4.64. The van der Waals surface area contributed by atoms with E-state index in [1.807, 2.05) is 60.7 Å². The van der Waals surface area contributed by atoms with Gasteiger partial charge in [-0.3, -0.25) is 4.84 Å². The van der Waals surface area contributed by atoms with Gasteiger partial charge in [0.2, 0.25) is 5.96 Å². The Balaban J connectivity index is 1.71. The minimum absolute atomic E-state index is 0.101. The Labute approximate surface area is 198 Å². The van der Waals surface area contributed by atoms with E-state index >= 15 is 0 Å². The second-order valence-electron chi connectivity index (χ2n) is 8.15. The number of guanidine groups is 1. The van der Waals surface area contributed by atoms with Gasteiger partial charge in [-0.2, -0.15) is 10.1 Å². The lowest BCUT2D eigenvalue weighted by Gasteiger charge is -2.47. The van der Waals surface area contributed by atoms with Crippen LogP contribution in [0.5, 0.6) is 0 Å². The summed E-state index contributed by atoms with van der Waals surface area (Å²) >= 11 is 0. The Morgan fingerprint density at radius 2 is 1.85 bits per heavy atom. The molecule has 2 atom stereocenters. The molecule has 1 aromatic heterocycles. The van der Waals surface area contributed by atoms with Crippen molar-refractivity contribution in [1.29, 1.82) is 0 Å². The van der Waals surface area contributed by atoms with Gasteiger partial charge in [-0.25, -0.2) is 14.9 Å². The maximum Gasteiger partial charge on any atom is 0.279 e. The van der Waals surface area contributed by atoms with Crippen LogP contribution in [-0.2, 0) is 15.4 Å². The van der Waals surface area contributed by atoms with Gasteiger partial charge in [-0.15, -0.1) is 0 Å². The van der Waals surface area contributed by atoms with E-state index in [-0.39, 0.29) is 6.04 Å². The van der Waals surface area contributed by atoms with Crippen molar-refractivity contribution in [3.63, 3.8) is 0 Å². The maximum atomic E-state index is 6.00. The minimum Gasteiger partial charge on any atom is -0.442 e. The summed E-state index contributed by atoms with van der Waals surface area (Å²) in [6.07, 6.45) is 5.07. The van der Waals surface area contributed by atoms with Gasteiger partial charge in [0.25, 0.3) is 5.79 Å². The van der Waals surface area contributed by atoms with E-state index in [1.165, 1.54) is 6.39 Å². The fourth-order valence-corrected chi connectivity index (χ4v) is 4.64. The lowest BCUT2D eigenvalue weighted by Crippen LogP contribution is -2.63. The van der Waals surface area contributed by atoms with Crippen molar-refractivity contribution in [1.82, 2.24) is 14.9 Å². The van der Waals surface area contributed by atoms with Crippen molar-refractivity contribution in [2.75, 3.05) is 32.7 Å². The van der Waals surface area contributed by atoms with Crippen LogP contribution < -0.4 is 5.32 Å². The van der Waals surface area contributed by atoms with Gasteiger partial charge >= 0.3 is 0 Å². The highest BCUT2D eigenvalue weighted by Crippen LogP contribution is 2.42. The smallest absolute Gasteiger partial charge is 0.279 e. The normalized spacial score (nSPS) is 23.0. The van der Waals surface area contributed by atoms with Gasteiger partial charge in [0, 0.05) is 30.9 Å². The average Bonchev–Trinajstić information content (AvgIpc) is 3.58. The van der Waals surface area contributed by atoms with Gasteiger partial charge in [-0.1, -0.05) is 48.5 Å². The molecule has 0 aliphatic carbocycles. The lowest BCUT2D eigenvalue weighted by atomic mass is 10.1. The van der Waals surface area contributed by atoms with Gasteiger partial charge in [0.1, 0.15) is 0 Å². The van der Waals surface area contributed by atoms with Crippen LogP contribution in [0.25, 0.3) is 0 Å². The van der Waals surface area contributed by atoms with Gasteiger partial charge in [0.15, 0.2) is 18.0 Å². The number of oxazole rings is 1. The zero-order valence-corrected chi connectivity index (χ0v) is 19.3. The zero-order chi connectivity index (χ0) is 23.4. The summed E-state index contributed by atoms with van der Waals surface area (Å²) in [6.45, 7) is 1.33. The molecule has 0 bridgehead atoms. The molecule has 9 heteroatoms. The van der Waals surface area contributed by atoms with Crippen LogP contribution in [-0.4, -0.2) is 60.2 Å². The lowest BCUT2D eigenvalue weighted by molar-refractivity contribution is -0.217. The van der Waals surface area contributed by atoms with Crippen LogP contribution >= 0.6 is 0 Å². The molecule has 3 heterocycles. The molecule has 1 saturated heterocycles. The molecule has 3 aromatic rings. The number of hydrogen-bond donors (Lipinski definition) is 1. The van der Waals surface area contributed by atoms with Crippen LogP contribution in [0.2, 0.25) is 0 Å². The van der Waals surface area contributed by atoms with E-state index in [0.717, 1.165) is 30.6 Å². The first-order valence-electron chi connectivity index (χ1n) is 11.3. The molecule has 176 valence electrons. The van der Waals surface area contributed by atoms with Crippen LogP contribution in [0.3, 0.4) is 0 Å². The summed E-state index contributed by atoms with van der Waals surface area (Å²) in [5.41, 5.74) is 1.76. The largest absolute Gasteiger partial charge is 0.442 e. The number of aromatic nitrogens is 1. The van der Waals surface area contributed by atoms with Crippen LogP contribution in [0, 0.1) is 0 Å². The highest BCUT2D eigenvalue weighted by molar-refractivity contribution is 6.10. The number of ether oxygens (including phenoxy) is 1. The summed E-state index contributed by atoms with van der Waals surface area (Å²) in [7, 11) is 3.33. The van der Waals surface area contributed by atoms with E-state index in [1.54, 1.807) is 25.5 Å². The first-order chi connectivity index (χ1) is 16.8. The molecule has 34 heavy (non-hydrogen) atoms. The predicted octanol–water partition coefficient (Wildman–Crippen LogP) is 3.69. The second kappa shape index (κ2) is 9.76. The van der Waals surface area contributed by atoms with Crippen molar-refractivity contribution in [2.24, 2.45) is 9.98 Å². The molecule has 9 nitrogen and oxygen atoms in total. The molecule has 1 unspecified atom stereocenters. The van der Waals surface area contributed by atoms with E-state index < -0.39 is 5.79 Å². The number of likely N-dealkylation sites (tertiary alicyclic amines) is 1. The van der Waals surface area contributed by atoms with Crippen LogP contribution in [0.4, 0.5) is 5.69 Å². The molecule has 2 aliphatic rings. The number of nitrogens with one attached hydrogen (secondary N) is 1. The number of anilines is 1. The Kier molecular flexibility index (Phi) is 6.39. The summed E-state index contributed by atoms with van der Waals surface area (Å²) < 4.78 is 11.5. The topological polar surface area (TPSA) is 87.7 Å². The third-order valence-corrected chi connectivity index (χ3v) is 6.09. The van der Waals surface area contributed by atoms with Crippen LogP contribution in [0.1, 0.15) is 24.2 Å². The molecular weight excluding hydrogens is 432 g/mol. The van der Waals surface area contributed by atoms with Gasteiger partial charge < -0.3 is 14.5 Å². The number of hydrogen-bond acceptors (Lipinski definition) is 9. The Morgan fingerprint density at radius 3 is 2.53 bits per heavy atom. The molecule has 0 saturated carbocycles. The predicted molar refractivity (Wildman–Crippen MR) is 129 cm³/mol. The number of methoxy groups -OCH3 is 1. The first-order valence-corrected chi connectivity index (χ1v) is 11.3.